The van der Waals surface area contributed by atoms with Gasteiger partial charge in [0.15, 0.2) is 0 Å². The van der Waals surface area contributed by atoms with Crippen molar-refractivity contribution < 1.29 is 119 Å². The van der Waals surface area contributed by atoms with E-state index in [-0.39, 0.29) is 84.3 Å². The maximum absolute atomic E-state index is 11.8. The third-order valence-corrected chi connectivity index (χ3v) is 4.85. The van der Waals surface area contributed by atoms with Crippen LogP contribution in [0.2, 0.25) is 0 Å². The molecule has 3 N–H and O–H groups in total. The molecule has 0 heterocycles. The first-order valence-corrected chi connectivity index (χ1v) is 11.9. The standard InChI is InChI=1S/3C10H7F3O2.Eu/c3*11-10(12,13)9(15)6-8(14)7-4-2-1-3-5-7;/h3*1-6,14H;. The van der Waals surface area contributed by atoms with Crippen molar-refractivity contribution in [3.05, 3.63) is 126 Å². The van der Waals surface area contributed by atoms with Crippen molar-refractivity contribution in [3.63, 3.8) is 0 Å². The van der Waals surface area contributed by atoms with E-state index in [0.29, 0.717) is 0 Å². The molecule has 1 radical (unpaired) electrons. The molecule has 0 aliphatic carbocycles. The van der Waals surface area contributed by atoms with Crippen molar-refractivity contribution in [1.29, 1.82) is 0 Å². The minimum Gasteiger partial charge on any atom is -0.507 e. The first-order valence-electron chi connectivity index (χ1n) is 11.9. The molecule has 0 amide bonds. The molecular weight excluding hydrogens is 779 g/mol. The average molecular weight is 800 g/mol. The van der Waals surface area contributed by atoms with E-state index >= 15 is 0 Å². The largest absolute Gasteiger partial charge is 0.507 e. The summed E-state index contributed by atoms with van der Waals surface area (Å²) >= 11 is 0. The van der Waals surface area contributed by atoms with Crippen molar-refractivity contribution in [2.24, 2.45) is 0 Å². The van der Waals surface area contributed by atoms with E-state index in [1.807, 2.05) is 0 Å². The van der Waals surface area contributed by atoms with Gasteiger partial charge in [-0.2, -0.15) is 39.5 Å². The fourth-order valence-electron chi connectivity index (χ4n) is 2.69. The van der Waals surface area contributed by atoms with Crippen LogP contribution in [0.1, 0.15) is 16.7 Å². The van der Waals surface area contributed by atoms with Crippen molar-refractivity contribution in [2.75, 3.05) is 0 Å². The first-order chi connectivity index (χ1) is 20.7. The molecule has 3 aromatic carbocycles. The topological polar surface area (TPSA) is 112 Å². The van der Waals surface area contributed by atoms with Gasteiger partial charge in [-0.05, 0) is 0 Å². The first kappa shape index (κ1) is 42.2. The summed E-state index contributed by atoms with van der Waals surface area (Å²) in [6.45, 7) is 0. The zero-order valence-electron chi connectivity index (χ0n) is 22.7. The second kappa shape index (κ2) is 19.0. The molecule has 6 nitrogen and oxygen atoms in total. The number of carbonyl (C=O) groups excluding carboxylic acids is 3. The number of carbonyl (C=O) groups is 3. The molecule has 0 unspecified atom stereocenters. The molecule has 16 heteroatoms. The average Bonchev–Trinajstić information content (AvgIpc) is 2.97. The van der Waals surface area contributed by atoms with Gasteiger partial charge in [0, 0.05) is 84.3 Å². The van der Waals surface area contributed by atoms with Crippen LogP contribution >= 0.6 is 0 Å². The SMILES string of the molecule is O=C(C=C(O)c1ccccc1)C(F)(F)F.O=C(C=C(O)c1ccccc1)C(F)(F)F.O=C(C=C(O)c1ccccc1)C(F)(F)F.[Eu]. The van der Waals surface area contributed by atoms with E-state index < -0.39 is 53.2 Å². The Kier molecular flexibility index (Phi) is 17.5. The number of aliphatic hydroxyl groups is 3. The monoisotopic (exact) mass is 801 g/mol. The van der Waals surface area contributed by atoms with Crippen LogP contribution in [0.3, 0.4) is 0 Å². The number of halogens is 9. The molecule has 247 valence electrons. The molecule has 3 aromatic rings. The summed E-state index contributed by atoms with van der Waals surface area (Å²) < 4.78 is 106. The van der Waals surface area contributed by atoms with Crippen LogP contribution < -0.4 is 0 Å². The summed E-state index contributed by atoms with van der Waals surface area (Å²) in [4.78, 5) is 31.5. The summed E-state index contributed by atoms with van der Waals surface area (Å²) in [6.07, 6.45) is -14.4. The van der Waals surface area contributed by atoms with Crippen LogP contribution in [0.5, 0.6) is 0 Å². The van der Waals surface area contributed by atoms with E-state index in [2.05, 4.69) is 0 Å². The van der Waals surface area contributed by atoms with Crippen molar-refractivity contribution >= 4 is 34.6 Å². The molecule has 0 aliphatic rings. The number of aliphatic hydroxyl groups excluding tert-OH is 3. The molecule has 0 fully saturated rings. The molecule has 0 bridgehead atoms. The number of benzene rings is 3. The maximum atomic E-state index is 11.8. The smallest absolute Gasteiger partial charge is 0.454 e. The molecule has 3 rings (SSSR count). The number of rotatable bonds is 6. The Hall–Kier alpha value is -3.76. The Morgan fingerprint density at radius 2 is 0.587 bits per heavy atom. The second-order valence-corrected chi connectivity index (χ2v) is 8.27. The molecule has 0 saturated heterocycles. The summed E-state index contributed by atoms with van der Waals surface area (Å²) in [5.74, 6) is -8.33. The normalized spacial score (nSPS) is 12.3. The van der Waals surface area contributed by atoms with Crippen molar-refractivity contribution in [2.45, 2.75) is 18.5 Å². The Labute approximate surface area is 295 Å². The van der Waals surface area contributed by atoms with Gasteiger partial charge in [-0.3, -0.25) is 14.4 Å². The fourth-order valence-corrected chi connectivity index (χ4v) is 2.69. The van der Waals surface area contributed by atoms with Gasteiger partial charge in [0.05, 0.1) is 0 Å². The van der Waals surface area contributed by atoms with Crippen LogP contribution in [0.15, 0.2) is 109 Å². The van der Waals surface area contributed by atoms with Crippen LogP contribution in [-0.2, 0) is 14.4 Å². The molecular formula is C30H21EuF9O6. The second-order valence-electron chi connectivity index (χ2n) is 8.27. The molecule has 0 saturated carbocycles. The van der Waals surface area contributed by atoms with Crippen molar-refractivity contribution in [3.8, 4) is 0 Å². The van der Waals surface area contributed by atoms with Crippen molar-refractivity contribution in [1.82, 2.24) is 0 Å². The third kappa shape index (κ3) is 16.0. The quantitative estimate of drug-likeness (QED) is 0.132. The predicted octanol–water partition coefficient (Wildman–Crippen LogP) is 8.15. The Morgan fingerprint density at radius 1 is 0.413 bits per heavy atom. The maximum Gasteiger partial charge on any atom is 0.454 e. The van der Waals surface area contributed by atoms with Crippen LogP contribution in [0, 0.1) is 49.4 Å². The molecule has 0 aromatic heterocycles. The minimum absolute atomic E-state index is 0. The van der Waals surface area contributed by atoms with Crippen LogP contribution in [0.25, 0.3) is 17.3 Å². The van der Waals surface area contributed by atoms with Gasteiger partial charge in [0.2, 0.25) is 0 Å². The predicted molar refractivity (Wildman–Crippen MR) is 144 cm³/mol. The Balaban J connectivity index is 0.000000653. The van der Waals surface area contributed by atoms with E-state index in [0.717, 1.165) is 0 Å². The van der Waals surface area contributed by atoms with Crippen LogP contribution in [-0.4, -0.2) is 51.2 Å². The zero-order valence-corrected chi connectivity index (χ0v) is 25.2. The van der Waals surface area contributed by atoms with Gasteiger partial charge in [0.1, 0.15) is 17.3 Å². The molecule has 46 heavy (non-hydrogen) atoms. The van der Waals surface area contributed by atoms with E-state index in [1.165, 1.54) is 72.8 Å². The summed E-state index contributed by atoms with van der Waals surface area (Å²) in [5.41, 5.74) is 0.486. The van der Waals surface area contributed by atoms with E-state index in [1.54, 1.807) is 18.2 Å². The summed E-state index contributed by atoms with van der Waals surface area (Å²) in [7, 11) is 0. The third-order valence-electron chi connectivity index (χ3n) is 4.85. The fraction of sp³-hybridized carbons (Fsp3) is 0.100. The Bertz CT molecular complexity index is 1330. The summed E-state index contributed by atoms with van der Waals surface area (Å²) in [5, 5.41) is 27.6. The van der Waals surface area contributed by atoms with Gasteiger partial charge in [-0.15, -0.1) is 0 Å². The van der Waals surface area contributed by atoms with Gasteiger partial charge < -0.3 is 15.3 Å². The number of ketones is 3. The van der Waals surface area contributed by atoms with E-state index in [4.69, 9.17) is 0 Å². The summed E-state index contributed by atoms with van der Waals surface area (Å²) in [6, 6.07) is 22.5. The Morgan fingerprint density at radius 3 is 0.739 bits per heavy atom. The minimum atomic E-state index is -4.96. The van der Waals surface area contributed by atoms with Crippen LogP contribution in [0.4, 0.5) is 39.5 Å². The van der Waals surface area contributed by atoms with Gasteiger partial charge >= 0.3 is 18.5 Å². The molecule has 0 aliphatic heterocycles. The number of alkyl halides is 9. The van der Waals surface area contributed by atoms with Gasteiger partial charge in [-0.1, -0.05) is 91.0 Å². The number of allylic oxidation sites excluding steroid dienone is 3. The molecule has 0 atom stereocenters. The van der Waals surface area contributed by atoms with E-state index in [9.17, 15) is 69.2 Å². The van der Waals surface area contributed by atoms with Gasteiger partial charge in [0.25, 0.3) is 17.3 Å². The zero-order chi connectivity index (χ0) is 34.4. The number of hydrogen-bond acceptors (Lipinski definition) is 6. The number of hydrogen-bond donors (Lipinski definition) is 3. The van der Waals surface area contributed by atoms with Gasteiger partial charge in [-0.25, -0.2) is 0 Å². The molecule has 0 spiro atoms.